The third-order valence-electron chi connectivity index (χ3n) is 2.94. The summed E-state index contributed by atoms with van der Waals surface area (Å²) in [7, 11) is 0. The normalized spacial score (nSPS) is 11.9. The predicted molar refractivity (Wildman–Crippen MR) is 85.6 cm³/mol. The SMILES string of the molecule is Cc1cc(Br)cc(NC(=O)C(N)Cc2ccccc2)c1. The number of carbonyl (C=O) groups is 1. The summed E-state index contributed by atoms with van der Waals surface area (Å²) in [4.78, 5) is 12.1. The maximum Gasteiger partial charge on any atom is 0.241 e. The highest BCUT2D eigenvalue weighted by Gasteiger charge is 2.14. The average molecular weight is 333 g/mol. The van der Waals surface area contributed by atoms with Crippen LogP contribution in [0.5, 0.6) is 0 Å². The smallest absolute Gasteiger partial charge is 0.241 e. The standard InChI is InChI=1S/C16H17BrN2O/c1-11-7-13(17)10-14(8-11)19-16(20)15(18)9-12-5-3-2-4-6-12/h2-8,10,15H,9,18H2,1H3,(H,19,20). The fourth-order valence-corrected chi connectivity index (χ4v) is 2.61. The Morgan fingerprint density at radius 1 is 1.25 bits per heavy atom. The number of rotatable bonds is 4. The number of amides is 1. The van der Waals surface area contributed by atoms with Crippen molar-refractivity contribution in [2.75, 3.05) is 5.32 Å². The number of benzene rings is 2. The fraction of sp³-hybridized carbons (Fsp3) is 0.188. The lowest BCUT2D eigenvalue weighted by Gasteiger charge is -2.13. The van der Waals surface area contributed by atoms with Crippen LogP contribution in [0.1, 0.15) is 11.1 Å². The Bertz CT molecular complexity index is 578. The van der Waals surface area contributed by atoms with Crippen molar-refractivity contribution in [1.29, 1.82) is 0 Å². The van der Waals surface area contributed by atoms with E-state index in [-0.39, 0.29) is 5.91 Å². The zero-order valence-corrected chi connectivity index (χ0v) is 12.9. The molecule has 0 spiro atoms. The Morgan fingerprint density at radius 3 is 2.60 bits per heavy atom. The largest absolute Gasteiger partial charge is 0.325 e. The molecule has 0 fully saturated rings. The Morgan fingerprint density at radius 2 is 1.95 bits per heavy atom. The van der Waals surface area contributed by atoms with E-state index in [1.54, 1.807) is 0 Å². The summed E-state index contributed by atoms with van der Waals surface area (Å²) in [6.07, 6.45) is 0.527. The molecule has 0 aliphatic heterocycles. The molecule has 2 aromatic carbocycles. The average Bonchev–Trinajstić information content (AvgIpc) is 2.38. The Kier molecular flexibility index (Phi) is 4.93. The third kappa shape index (κ3) is 4.18. The second-order valence-corrected chi connectivity index (χ2v) is 5.72. The van der Waals surface area contributed by atoms with E-state index < -0.39 is 6.04 Å². The number of carbonyl (C=O) groups excluding carboxylic acids is 1. The van der Waals surface area contributed by atoms with Crippen LogP contribution in [-0.2, 0) is 11.2 Å². The second-order valence-electron chi connectivity index (χ2n) is 4.80. The summed E-state index contributed by atoms with van der Waals surface area (Å²) < 4.78 is 0.935. The van der Waals surface area contributed by atoms with Crippen LogP contribution in [0.25, 0.3) is 0 Å². The van der Waals surface area contributed by atoms with Crippen molar-refractivity contribution in [2.24, 2.45) is 5.73 Å². The molecule has 0 aromatic heterocycles. The molecule has 3 nitrogen and oxygen atoms in total. The Hall–Kier alpha value is -1.65. The number of anilines is 1. The van der Waals surface area contributed by atoms with E-state index >= 15 is 0 Å². The first-order valence-corrected chi connectivity index (χ1v) is 7.21. The van der Waals surface area contributed by atoms with Crippen LogP contribution in [0.2, 0.25) is 0 Å². The molecule has 2 aromatic rings. The van der Waals surface area contributed by atoms with E-state index in [0.29, 0.717) is 6.42 Å². The minimum Gasteiger partial charge on any atom is -0.325 e. The quantitative estimate of drug-likeness (QED) is 0.902. The monoisotopic (exact) mass is 332 g/mol. The van der Waals surface area contributed by atoms with Gasteiger partial charge in [0.2, 0.25) is 5.91 Å². The molecule has 0 aliphatic rings. The van der Waals surface area contributed by atoms with Gasteiger partial charge in [0.25, 0.3) is 0 Å². The molecule has 0 aliphatic carbocycles. The Balaban J connectivity index is 2.00. The van der Waals surface area contributed by atoms with Gasteiger partial charge in [0, 0.05) is 10.2 Å². The maximum absolute atomic E-state index is 12.1. The van der Waals surface area contributed by atoms with Gasteiger partial charge in [0.15, 0.2) is 0 Å². The van der Waals surface area contributed by atoms with Gasteiger partial charge in [-0.15, -0.1) is 0 Å². The molecular weight excluding hydrogens is 316 g/mol. The van der Waals surface area contributed by atoms with Crippen LogP contribution in [0, 0.1) is 6.92 Å². The molecule has 1 amide bonds. The number of halogens is 1. The van der Waals surface area contributed by atoms with Crippen molar-refractivity contribution in [2.45, 2.75) is 19.4 Å². The summed E-state index contributed by atoms with van der Waals surface area (Å²) in [6, 6.07) is 15.0. The Labute approximate surface area is 127 Å². The van der Waals surface area contributed by atoms with Gasteiger partial charge in [-0.25, -0.2) is 0 Å². The van der Waals surface area contributed by atoms with Crippen LogP contribution in [0.3, 0.4) is 0 Å². The first-order valence-electron chi connectivity index (χ1n) is 6.42. The number of aryl methyl sites for hydroxylation is 1. The minimum absolute atomic E-state index is 0.175. The molecule has 1 unspecified atom stereocenters. The molecule has 1 atom stereocenters. The molecule has 3 N–H and O–H groups in total. The zero-order valence-electron chi connectivity index (χ0n) is 11.3. The highest BCUT2D eigenvalue weighted by Crippen LogP contribution is 2.19. The van der Waals surface area contributed by atoms with E-state index in [0.717, 1.165) is 21.3 Å². The topological polar surface area (TPSA) is 55.1 Å². The third-order valence-corrected chi connectivity index (χ3v) is 3.40. The summed E-state index contributed by atoms with van der Waals surface area (Å²) >= 11 is 3.41. The van der Waals surface area contributed by atoms with E-state index in [4.69, 9.17) is 5.73 Å². The predicted octanol–water partition coefficient (Wildman–Crippen LogP) is 3.27. The highest BCUT2D eigenvalue weighted by molar-refractivity contribution is 9.10. The molecule has 0 saturated heterocycles. The summed E-state index contributed by atoms with van der Waals surface area (Å²) in [5.74, 6) is -0.175. The van der Waals surface area contributed by atoms with Crippen molar-refractivity contribution < 1.29 is 4.79 Å². The minimum atomic E-state index is -0.559. The number of hydrogen-bond acceptors (Lipinski definition) is 2. The van der Waals surface area contributed by atoms with E-state index in [9.17, 15) is 4.79 Å². The molecule has 0 saturated carbocycles. The molecule has 0 bridgehead atoms. The summed E-state index contributed by atoms with van der Waals surface area (Å²) in [5.41, 5.74) is 8.84. The number of nitrogens with two attached hydrogens (primary N) is 1. The van der Waals surface area contributed by atoms with Gasteiger partial charge >= 0.3 is 0 Å². The number of nitrogens with one attached hydrogen (secondary N) is 1. The van der Waals surface area contributed by atoms with Gasteiger partial charge in [0.05, 0.1) is 6.04 Å². The van der Waals surface area contributed by atoms with E-state index in [2.05, 4.69) is 21.2 Å². The van der Waals surface area contributed by atoms with Crippen LogP contribution in [0.15, 0.2) is 53.0 Å². The first-order chi connectivity index (χ1) is 9.54. The lowest BCUT2D eigenvalue weighted by atomic mass is 10.1. The molecular formula is C16H17BrN2O. The molecule has 0 radical (unpaired) electrons. The van der Waals surface area contributed by atoms with Crippen LogP contribution in [-0.4, -0.2) is 11.9 Å². The van der Waals surface area contributed by atoms with E-state index in [1.165, 1.54) is 0 Å². The van der Waals surface area contributed by atoms with Crippen molar-refractivity contribution in [3.05, 3.63) is 64.1 Å². The van der Waals surface area contributed by atoms with Gasteiger partial charge in [-0.05, 0) is 42.7 Å². The van der Waals surface area contributed by atoms with E-state index in [1.807, 2.05) is 55.5 Å². The van der Waals surface area contributed by atoms with Crippen LogP contribution >= 0.6 is 15.9 Å². The van der Waals surface area contributed by atoms with Crippen molar-refractivity contribution in [1.82, 2.24) is 0 Å². The zero-order chi connectivity index (χ0) is 14.5. The highest BCUT2D eigenvalue weighted by atomic mass is 79.9. The second kappa shape index (κ2) is 6.68. The van der Waals surface area contributed by atoms with Crippen molar-refractivity contribution >= 4 is 27.5 Å². The lowest BCUT2D eigenvalue weighted by molar-refractivity contribution is -0.117. The van der Waals surface area contributed by atoms with Crippen LogP contribution < -0.4 is 11.1 Å². The van der Waals surface area contributed by atoms with Gasteiger partial charge in [-0.1, -0.05) is 46.3 Å². The van der Waals surface area contributed by atoms with Gasteiger partial charge in [0.1, 0.15) is 0 Å². The molecule has 0 heterocycles. The summed E-state index contributed by atoms with van der Waals surface area (Å²) in [5, 5.41) is 2.85. The molecule has 104 valence electrons. The van der Waals surface area contributed by atoms with Gasteiger partial charge < -0.3 is 11.1 Å². The fourth-order valence-electron chi connectivity index (χ4n) is 2.00. The summed E-state index contributed by atoms with van der Waals surface area (Å²) in [6.45, 7) is 1.98. The van der Waals surface area contributed by atoms with Gasteiger partial charge in [-0.2, -0.15) is 0 Å². The maximum atomic E-state index is 12.1. The first kappa shape index (κ1) is 14.8. The van der Waals surface area contributed by atoms with Gasteiger partial charge in [-0.3, -0.25) is 4.79 Å². The molecule has 2 rings (SSSR count). The lowest BCUT2D eigenvalue weighted by Crippen LogP contribution is -2.37. The van der Waals surface area contributed by atoms with Crippen molar-refractivity contribution in [3.8, 4) is 0 Å². The molecule has 4 heteroatoms. The molecule has 20 heavy (non-hydrogen) atoms. The van der Waals surface area contributed by atoms with Crippen LogP contribution in [0.4, 0.5) is 5.69 Å². The number of hydrogen-bond donors (Lipinski definition) is 2. The van der Waals surface area contributed by atoms with Crippen molar-refractivity contribution in [3.63, 3.8) is 0 Å².